The molecule has 130 valence electrons. The molecule has 0 aliphatic carbocycles. The van der Waals surface area contributed by atoms with Gasteiger partial charge in [0, 0.05) is 30.4 Å². The third kappa shape index (κ3) is 3.19. The molecule has 0 spiro atoms. The Bertz CT molecular complexity index is 916. The van der Waals surface area contributed by atoms with Crippen molar-refractivity contribution in [3.8, 4) is 0 Å². The van der Waals surface area contributed by atoms with E-state index < -0.39 is 6.03 Å². The average Bonchev–Trinajstić information content (AvgIpc) is 2.68. The highest BCUT2D eigenvalue weighted by atomic mass is 16.2. The van der Waals surface area contributed by atoms with Gasteiger partial charge in [-0.1, -0.05) is 30.3 Å². The van der Waals surface area contributed by atoms with Crippen molar-refractivity contribution in [1.82, 2.24) is 19.9 Å². The molecule has 7 heteroatoms. The predicted molar refractivity (Wildman–Crippen MR) is 97.8 cm³/mol. The number of aromatic nitrogens is 3. The number of urea groups is 1. The lowest BCUT2D eigenvalue weighted by molar-refractivity contribution is 0.198. The molecule has 1 aliphatic heterocycles. The van der Waals surface area contributed by atoms with Gasteiger partial charge in [-0.05, 0) is 17.7 Å². The third-order valence-corrected chi connectivity index (χ3v) is 4.42. The molecule has 1 aromatic carbocycles. The minimum atomic E-state index is -0.436. The van der Waals surface area contributed by atoms with Gasteiger partial charge in [0.25, 0.3) is 0 Å². The Morgan fingerprint density at radius 1 is 1.15 bits per heavy atom. The summed E-state index contributed by atoms with van der Waals surface area (Å²) in [6.45, 7) is 0.914. The fraction of sp³-hybridized carbons (Fsp3) is 0.158. The van der Waals surface area contributed by atoms with Crippen LogP contribution in [0.1, 0.15) is 22.7 Å². The zero-order chi connectivity index (χ0) is 17.9. The minimum Gasteiger partial charge on any atom is -0.351 e. The van der Waals surface area contributed by atoms with Gasteiger partial charge in [0.1, 0.15) is 0 Å². The van der Waals surface area contributed by atoms with Gasteiger partial charge < -0.3 is 16.0 Å². The maximum atomic E-state index is 11.7. The monoisotopic (exact) mass is 346 g/mol. The van der Waals surface area contributed by atoms with E-state index in [0.717, 1.165) is 22.5 Å². The van der Waals surface area contributed by atoms with Crippen molar-refractivity contribution in [2.24, 2.45) is 5.73 Å². The SMILES string of the molecule is NC(=O)N1Cc2cnc(Nc3cccnc3)nc2C(c2ccccc2)C1. The molecule has 3 heterocycles. The second-order valence-corrected chi connectivity index (χ2v) is 6.15. The first kappa shape index (κ1) is 16.0. The topological polar surface area (TPSA) is 97.0 Å². The van der Waals surface area contributed by atoms with Crippen molar-refractivity contribution in [2.45, 2.75) is 12.5 Å². The molecule has 1 aliphatic rings. The Morgan fingerprint density at radius 3 is 2.73 bits per heavy atom. The number of nitrogens with zero attached hydrogens (tertiary/aromatic N) is 4. The number of fused-ring (bicyclic) bond motifs is 1. The lowest BCUT2D eigenvalue weighted by atomic mass is 9.89. The summed E-state index contributed by atoms with van der Waals surface area (Å²) >= 11 is 0. The van der Waals surface area contributed by atoms with Gasteiger partial charge in [0.2, 0.25) is 5.95 Å². The number of hydrogen-bond acceptors (Lipinski definition) is 5. The van der Waals surface area contributed by atoms with Crippen LogP contribution in [0.25, 0.3) is 0 Å². The van der Waals surface area contributed by atoms with E-state index in [1.807, 2.05) is 42.5 Å². The van der Waals surface area contributed by atoms with E-state index in [0.29, 0.717) is 19.0 Å². The molecule has 26 heavy (non-hydrogen) atoms. The van der Waals surface area contributed by atoms with Gasteiger partial charge in [-0.25, -0.2) is 14.8 Å². The molecule has 0 bridgehead atoms. The second-order valence-electron chi connectivity index (χ2n) is 6.15. The van der Waals surface area contributed by atoms with Gasteiger partial charge in [0.15, 0.2) is 0 Å². The maximum Gasteiger partial charge on any atom is 0.315 e. The van der Waals surface area contributed by atoms with E-state index in [-0.39, 0.29) is 5.92 Å². The largest absolute Gasteiger partial charge is 0.351 e. The number of primary amides is 1. The van der Waals surface area contributed by atoms with Crippen LogP contribution in [0.5, 0.6) is 0 Å². The van der Waals surface area contributed by atoms with Crippen LogP contribution >= 0.6 is 0 Å². The van der Waals surface area contributed by atoms with Crippen molar-refractivity contribution in [1.29, 1.82) is 0 Å². The van der Waals surface area contributed by atoms with Crippen molar-refractivity contribution in [3.63, 3.8) is 0 Å². The molecule has 2 aromatic heterocycles. The fourth-order valence-electron chi connectivity index (χ4n) is 3.16. The average molecular weight is 346 g/mol. The Balaban J connectivity index is 1.72. The normalized spacial score (nSPS) is 16.0. The number of rotatable bonds is 3. The molecule has 2 amide bonds. The van der Waals surface area contributed by atoms with Crippen LogP contribution in [0.4, 0.5) is 16.4 Å². The Hall–Kier alpha value is -3.48. The lowest BCUT2D eigenvalue weighted by Gasteiger charge is -2.33. The number of nitrogens with one attached hydrogen (secondary N) is 1. The van der Waals surface area contributed by atoms with Crippen molar-refractivity contribution >= 4 is 17.7 Å². The Morgan fingerprint density at radius 2 is 2.00 bits per heavy atom. The van der Waals surface area contributed by atoms with Crippen molar-refractivity contribution in [2.75, 3.05) is 11.9 Å². The zero-order valence-corrected chi connectivity index (χ0v) is 14.0. The summed E-state index contributed by atoms with van der Waals surface area (Å²) in [5.41, 5.74) is 9.25. The van der Waals surface area contributed by atoms with Crippen LogP contribution in [0.15, 0.2) is 61.1 Å². The zero-order valence-electron chi connectivity index (χ0n) is 14.0. The lowest BCUT2D eigenvalue weighted by Crippen LogP contribution is -2.42. The quantitative estimate of drug-likeness (QED) is 0.760. The first-order valence-corrected chi connectivity index (χ1v) is 8.33. The highest BCUT2D eigenvalue weighted by Crippen LogP contribution is 2.32. The van der Waals surface area contributed by atoms with Crippen LogP contribution in [0, 0.1) is 0 Å². The molecule has 7 nitrogen and oxygen atoms in total. The second kappa shape index (κ2) is 6.79. The highest BCUT2D eigenvalue weighted by molar-refractivity contribution is 5.72. The summed E-state index contributed by atoms with van der Waals surface area (Å²) in [7, 11) is 0. The van der Waals surface area contributed by atoms with E-state index in [9.17, 15) is 4.79 Å². The predicted octanol–water partition coefficient (Wildman–Crippen LogP) is 2.64. The summed E-state index contributed by atoms with van der Waals surface area (Å²) in [5.74, 6) is 0.454. The molecular formula is C19H18N6O. The molecule has 4 rings (SSSR count). The van der Waals surface area contributed by atoms with Crippen molar-refractivity contribution in [3.05, 3.63) is 77.9 Å². The summed E-state index contributed by atoms with van der Waals surface area (Å²) < 4.78 is 0. The van der Waals surface area contributed by atoms with E-state index in [4.69, 9.17) is 10.7 Å². The molecule has 1 atom stereocenters. The summed E-state index contributed by atoms with van der Waals surface area (Å²) in [6, 6.07) is 13.3. The number of hydrogen-bond donors (Lipinski definition) is 2. The molecule has 0 saturated heterocycles. The number of nitrogens with two attached hydrogens (primary N) is 1. The molecule has 0 saturated carbocycles. The van der Waals surface area contributed by atoms with Crippen LogP contribution < -0.4 is 11.1 Å². The molecule has 1 unspecified atom stereocenters. The van der Waals surface area contributed by atoms with Gasteiger partial charge in [0.05, 0.1) is 24.1 Å². The Kier molecular flexibility index (Phi) is 4.18. The van der Waals surface area contributed by atoms with E-state index in [2.05, 4.69) is 15.3 Å². The Labute approximate surface area is 150 Å². The van der Waals surface area contributed by atoms with Gasteiger partial charge in [-0.3, -0.25) is 4.98 Å². The standard InChI is InChI=1S/C19H18N6O/c20-18(26)25-11-14-9-22-19(23-15-7-4-8-21-10-15)24-17(14)16(12-25)13-5-2-1-3-6-13/h1-10,16H,11-12H2,(H2,20,26)(H,22,23,24). The molecule has 3 aromatic rings. The summed E-state index contributed by atoms with van der Waals surface area (Å²) in [5, 5.41) is 3.17. The first-order valence-electron chi connectivity index (χ1n) is 8.33. The van der Waals surface area contributed by atoms with Crippen molar-refractivity contribution < 1.29 is 4.79 Å². The highest BCUT2D eigenvalue weighted by Gasteiger charge is 2.30. The summed E-state index contributed by atoms with van der Waals surface area (Å²) in [4.78, 5) is 26.6. The van der Waals surface area contributed by atoms with Crippen LogP contribution in [-0.4, -0.2) is 32.4 Å². The van der Waals surface area contributed by atoms with Crippen LogP contribution in [-0.2, 0) is 6.54 Å². The molecule has 3 N–H and O–H groups in total. The molecule has 0 fully saturated rings. The number of benzene rings is 1. The smallest absolute Gasteiger partial charge is 0.315 e. The van der Waals surface area contributed by atoms with E-state index >= 15 is 0 Å². The van der Waals surface area contributed by atoms with Crippen LogP contribution in [0.3, 0.4) is 0 Å². The van der Waals surface area contributed by atoms with Gasteiger partial charge >= 0.3 is 6.03 Å². The fourth-order valence-corrected chi connectivity index (χ4v) is 3.16. The van der Waals surface area contributed by atoms with E-state index in [1.54, 1.807) is 23.5 Å². The maximum absolute atomic E-state index is 11.7. The van der Waals surface area contributed by atoms with Gasteiger partial charge in [-0.2, -0.15) is 0 Å². The van der Waals surface area contributed by atoms with E-state index in [1.165, 1.54) is 0 Å². The minimum absolute atomic E-state index is 0.0510. The van der Waals surface area contributed by atoms with Gasteiger partial charge in [-0.15, -0.1) is 0 Å². The summed E-state index contributed by atoms with van der Waals surface area (Å²) in [6.07, 6.45) is 5.18. The number of carbonyl (C=O) groups is 1. The van der Waals surface area contributed by atoms with Crippen LogP contribution in [0.2, 0.25) is 0 Å². The molecule has 0 radical (unpaired) electrons. The number of anilines is 2. The number of amides is 2. The number of pyridine rings is 1. The molecular weight excluding hydrogens is 328 g/mol. The number of carbonyl (C=O) groups excluding carboxylic acids is 1. The first-order chi connectivity index (χ1) is 12.7. The third-order valence-electron chi connectivity index (χ3n) is 4.42.